The van der Waals surface area contributed by atoms with Crippen LogP contribution in [0.1, 0.15) is 44.2 Å². The molecule has 0 heterocycles. The Bertz CT molecular complexity index is 343. The molecule has 0 radical (unpaired) electrons. The van der Waals surface area contributed by atoms with E-state index in [2.05, 4.69) is 12.2 Å². The first-order valence-electron chi connectivity index (χ1n) is 5.91. The van der Waals surface area contributed by atoms with Gasteiger partial charge < -0.3 is 5.32 Å². The molecule has 1 aromatic carbocycles. The van der Waals surface area contributed by atoms with E-state index in [9.17, 15) is 13.2 Å². The normalized spacial score (nSPS) is 12.8. The van der Waals surface area contributed by atoms with Crippen LogP contribution < -0.4 is 5.32 Å². The van der Waals surface area contributed by atoms with Gasteiger partial charge in [0.2, 0.25) is 0 Å². The number of unbranched alkanes of at least 4 members (excludes halogenated alkanes) is 2. The van der Waals surface area contributed by atoms with Gasteiger partial charge in [-0.3, -0.25) is 0 Å². The van der Waals surface area contributed by atoms with E-state index in [1.807, 2.05) is 0 Å². The van der Waals surface area contributed by atoms with E-state index >= 15 is 0 Å². The number of hydrogen-bond donors (Lipinski definition) is 1. The van der Waals surface area contributed by atoms with Gasteiger partial charge in [-0.15, -0.1) is 0 Å². The Kier molecular flexibility index (Phi) is 5.48. The van der Waals surface area contributed by atoms with Crippen molar-refractivity contribution in [1.29, 1.82) is 0 Å². The maximum Gasteiger partial charge on any atom is 0.133 e. The maximum absolute atomic E-state index is 13.5. The summed E-state index contributed by atoms with van der Waals surface area (Å²) in [6, 6.07) is 1.05. The van der Waals surface area contributed by atoms with Gasteiger partial charge in [0.15, 0.2) is 0 Å². The largest absolute Gasteiger partial charge is 0.313 e. The zero-order chi connectivity index (χ0) is 12.8. The van der Waals surface area contributed by atoms with Crippen LogP contribution in [0.2, 0.25) is 0 Å². The van der Waals surface area contributed by atoms with Gasteiger partial charge >= 0.3 is 0 Å². The molecule has 0 amide bonds. The third kappa shape index (κ3) is 3.73. The Morgan fingerprint density at radius 3 is 2.18 bits per heavy atom. The molecule has 0 aromatic heterocycles. The second kappa shape index (κ2) is 6.64. The smallest absolute Gasteiger partial charge is 0.133 e. The zero-order valence-corrected chi connectivity index (χ0v) is 10.2. The Hall–Kier alpha value is -1.03. The van der Waals surface area contributed by atoms with Crippen LogP contribution in [0, 0.1) is 17.5 Å². The van der Waals surface area contributed by atoms with Gasteiger partial charge in [-0.05, 0) is 13.5 Å². The van der Waals surface area contributed by atoms with Crippen molar-refractivity contribution in [3.05, 3.63) is 35.1 Å². The standard InChI is InChI=1S/C13H18F3N/c1-3-4-5-6-12(17-2)13-10(15)7-9(14)8-11(13)16/h7-8,12,17H,3-6H2,1-2H3. The van der Waals surface area contributed by atoms with Gasteiger partial charge in [0.25, 0.3) is 0 Å². The van der Waals surface area contributed by atoms with E-state index in [0.717, 1.165) is 31.4 Å². The van der Waals surface area contributed by atoms with Crippen LogP contribution in [0.4, 0.5) is 13.2 Å². The van der Waals surface area contributed by atoms with Crippen molar-refractivity contribution in [3.8, 4) is 0 Å². The molecule has 1 rings (SSSR count). The van der Waals surface area contributed by atoms with E-state index in [1.54, 1.807) is 7.05 Å². The van der Waals surface area contributed by atoms with Gasteiger partial charge in [-0.2, -0.15) is 0 Å². The van der Waals surface area contributed by atoms with Crippen molar-refractivity contribution in [3.63, 3.8) is 0 Å². The molecule has 0 fully saturated rings. The van der Waals surface area contributed by atoms with Crippen LogP contribution >= 0.6 is 0 Å². The number of nitrogens with one attached hydrogen (secondary N) is 1. The SMILES string of the molecule is CCCCCC(NC)c1c(F)cc(F)cc1F. The highest BCUT2D eigenvalue weighted by atomic mass is 19.1. The minimum Gasteiger partial charge on any atom is -0.313 e. The first kappa shape index (κ1) is 14.0. The molecule has 0 aliphatic rings. The maximum atomic E-state index is 13.5. The van der Waals surface area contributed by atoms with E-state index in [0.29, 0.717) is 6.42 Å². The fourth-order valence-electron chi connectivity index (χ4n) is 1.92. The summed E-state index contributed by atoms with van der Waals surface area (Å²) >= 11 is 0. The van der Waals surface area contributed by atoms with E-state index in [1.165, 1.54) is 0 Å². The summed E-state index contributed by atoms with van der Waals surface area (Å²) in [4.78, 5) is 0. The van der Waals surface area contributed by atoms with Gasteiger partial charge in [-0.1, -0.05) is 26.2 Å². The molecule has 17 heavy (non-hydrogen) atoms. The van der Waals surface area contributed by atoms with Crippen molar-refractivity contribution in [1.82, 2.24) is 5.32 Å². The summed E-state index contributed by atoms with van der Waals surface area (Å²) in [6.45, 7) is 2.06. The van der Waals surface area contributed by atoms with Crippen LogP contribution in [0.15, 0.2) is 12.1 Å². The number of halogens is 3. The highest BCUT2D eigenvalue weighted by Gasteiger charge is 2.19. The van der Waals surface area contributed by atoms with Crippen LogP contribution in [-0.2, 0) is 0 Å². The molecule has 4 heteroatoms. The van der Waals surface area contributed by atoms with Crippen LogP contribution in [0.5, 0.6) is 0 Å². The molecule has 0 bridgehead atoms. The Balaban J connectivity index is 2.87. The first-order chi connectivity index (χ1) is 8.10. The monoisotopic (exact) mass is 245 g/mol. The predicted molar refractivity (Wildman–Crippen MR) is 62.3 cm³/mol. The molecule has 0 spiro atoms. The highest BCUT2D eigenvalue weighted by Crippen LogP contribution is 2.25. The zero-order valence-electron chi connectivity index (χ0n) is 10.2. The van der Waals surface area contributed by atoms with Gasteiger partial charge in [0.1, 0.15) is 17.5 Å². The summed E-state index contributed by atoms with van der Waals surface area (Å²) in [5.74, 6) is -2.52. The summed E-state index contributed by atoms with van der Waals surface area (Å²) in [6.07, 6.45) is 3.59. The molecule has 1 N–H and O–H groups in total. The summed E-state index contributed by atoms with van der Waals surface area (Å²) in [5.41, 5.74) is -0.0648. The van der Waals surface area contributed by atoms with Crippen LogP contribution in [0.25, 0.3) is 0 Å². The number of benzene rings is 1. The molecule has 96 valence electrons. The lowest BCUT2D eigenvalue weighted by Gasteiger charge is -2.18. The van der Waals surface area contributed by atoms with E-state index in [4.69, 9.17) is 0 Å². The summed E-state index contributed by atoms with van der Waals surface area (Å²) in [5, 5.41) is 2.88. The molecule has 1 aromatic rings. The second-order valence-electron chi connectivity index (χ2n) is 4.12. The Morgan fingerprint density at radius 1 is 1.12 bits per heavy atom. The first-order valence-corrected chi connectivity index (χ1v) is 5.91. The molecule has 1 nitrogen and oxygen atoms in total. The summed E-state index contributed by atoms with van der Waals surface area (Å²) < 4.78 is 39.9. The number of rotatable bonds is 6. The van der Waals surface area contributed by atoms with Gasteiger partial charge in [-0.25, -0.2) is 13.2 Å². The van der Waals surface area contributed by atoms with Gasteiger partial charge in [0, 0.05) is 23.7 Å². The average Bonchev–Trinajstić information content (AvgIpc) is 2.25. The van der Waals surface area contributed by atoms with Crippen molar-refractivity contribution in [2.24, 2.45) is 0 Å². The lowest BCUT2D eigenvalue weighted by atomic mass is 9.99. The third-order valence-electron chi connectivity index (χ3n) is 2.84. The fraction of sp³-hybridized carbons (Fsp3) is 0.538. The molecule has 1 atom stereocenters. The molecule has 0 saturated carbocycles. The second-order valence-corrected chi connectivity index (χ2v) is 4.12. The minimum atomic E-state index is -0.882. The lowest BCUT2D eigenvalue weighted by Crippen LogP contribution is -2.19. The molecule has 0 aliphatic carbocycles. The van der Waals surface area contributed by atoms with E-state index < -0.39 is 23.5 Å². The highest BCUT2D eigenvalue weighted by molar-refractivity contribution is 5.24. The quantitative estimate of drug-likeness (QED) is 0.748. The number of hydrogen-bond acceptors (Lipinski definition) is 1. The van der Waals surface area contributed by atoms with Crippen molar-refractivity contribution in [2.45, 2.75) is 38.6 Å². The molecule has 0 aliphatic heterocycles. The topological polar surface area (TPSA) is 12.0 Å². The Labute approximate surface area is 100 Å². The molecule has 0 saturated heterocycles. The molecule has 1 unspecified atom stereocenters. The van der Waals surface area contributed by atoms with Crippen LogP contribution in [0.3, 0.4) is 0 Å². The average molecular weight is 245 g/mol. The molecular weight excluding hydrogens is 227 g/mol. The van der Waals surface area contributed by atoms with E-state index in [-0.39, 0.29) is 5.56 Å². The van der Waals surface area contributed by atoms with Crippen molar-refractivity contribution < 1.29 is 13.2 Å². The minimum absolute atomic E-state index is 0.0648. The van der Waals surface area contributed by atoms with Crippen molar-refractivity contribution in [2.75, 3.05) is 7.05 Å². The third-order valence-corrected chi connectivity index (χ3v) is 2.84. The lowest BCUT2D eigenvalue weighted by molar-refractivity contribution is 0.447. The van der Waals surface area contributed by atoms with Gasteiger partial charge in [0.05, 0.1) is 0 Å². The van der Waals surface area contributed by atoms with Crippen LogP contribution in [-0.4, -0.2) is 7.05 Å². The Morgan fingerprint density at radius 2 is 1.71 bits per heavy atom. The molecular formula is C13H18F3N. The predicted octanol–water partition coefficient (Wildman–Crippen LogP) is 3.94. The van der Waals surface area contributed by atoms with Crippen molar-refractivity contribution >= 4 is 0 Å². The summed E-state index contributed by atoms with van der Waals surface area (Å²) in [7, 11) is 1.65. The fourth-order valence-corrected chi connectivity index (χ4v) is 1.92.